The van der Waals surface area contributed by atoms with Crippen molar-refractivity contribution in [1.29, 1.82) is 0 Å². The van der Waals surface area contributed by atoms with Crippen molar-refractivity contribution < 1.29 is 27.1 Å². The first-order valence-corrected chi connectivity index (χ1v) is 14.4. The molecule has 0 N–H and O–H groups in total. The minimum Gasteiger partial charge on any atom is -0.379 e. The highest BCUT2D eigenvalue weighted by atomic mass is 19.3. The molecular formula is C30H32F4N6O2. The SMILES string of the molecule is C[C@@H]1CN(Cc2cc3c(c(C4CC4)n2)CN(c2cccc(C4(Cc5nncn5C(F)F)COC4)c2)C3=O)CCC1(F)F. The fourth-order valence-electron chi connectivity index (χ4n) is 6.48. The molecule has 2 aromatic heterocycles. The third kappa shape index (κ3) is 4.78. The summed E-state index contributed by atoms with van der Waals surface area (Å²) in [6, 6.07) is 9.46. The van der Waals surface area contributed by atoms with Gasteiger partial charge in [-0.3, -0.25) is 19.2 Å². The molecule has 3 aromatic rings. The van der Waals surface area contributed by atoms with Gasteiger partial charge in [-0.2, -0.15) is 8.78 Å². The molecule has 8 nitrogen and oxygen atoms in total. The predicted molar refractivity (Wildman–Crippen MR) is 145 cm³/mol. The molecule has 1 aromatic carbocycles. The van der Waals surface area contributed by atoms with Gasteiger partial charge in [0.15, 0.2) is 0 Å². The Bertz CT molecular complexity index is 1520. The molecular weight excluding hydrogens is 552 g/mol. The van der Waals surface area contributed by atoms with Crippen molar-refractivity contribution in [3.8, 4) is 0 Å². The Morgan fingerprint density at radius 1 is 1.17 bits per heavy atom. The lowest BCUT2D eigenvalue weighted by atomic mass is 9.75. The highest BCUT2D eigenvalue weighted by Gasteiger charge is 2.44. The van der Waals surface area contributed by atoms with E-state index in [1.165, 1.54) is 0 Å². The number of ether oxygens (including phenoxy) is 1. The van der Waals surface area contributed by atoms with E-state index in [-0.39, 0.29) is 31.1 Å². The average Bonchev–Trinajstić information content (AvgIpc) is 3.59. The van der Waals surface area contributed by atoms with Crippen molar-refractivity contribution in [3.05, 3.63) is 70.6 Å². The number of hydrogen-bond donors (Lipinski definition) is 0. The molecule has 1 atom stereocenters. The standard InChI is InChI=1S/C30H32F4N6O2/c1-18-12-38(8-7-30(18,33)34)13-21-10-23-24(26(36-21)19-5-6-19)14-39(27(23)41)22-4-2-3-20(9-22)29(15-42-16-29)11-25-37-35-17-40(25)28(31)32/h2-4,9-10,17-19,28H,5-8,11-16H2,1H3/t18-/m1/s1. The molecule has 5 heterocycles. The lowest BCUT2D eigenvalue weighted by Crippen LogP contribution is -2.49. The Hall–Kier alpha value is -3.38. The van der Waals surface area contributed by atoms with E-state index in [9.17, 15) is 22.4 Å². The molecule has 1 amide bonds. The third-order valence-corrected chi connectivity index (χ3v) is 9.25. The first kappa shape index (κ1) is 27.5. The number of alkyl halides is 4. The predicted octanol–water partition coefficient (Wildman–Crippen LogP) is 5.09. The number of carbonyl (C=O) groups excluding carboxylic acids is 1. The van der Waals surface area contributed by atoms with Crippen LogP contribution in [0.4, 0.5) is 23.2 Å². The maximum Gasteiger partial charge on any atom is 0.321 e. The van der Waals surface area contributed by atoms with Crippen LogP contribution in [0.15, 0.2) is 36.7 Å². The second-order valence-electron chi connectivity index (χ2n) is 12.3. The lowest BCUT2D eigenvalue weighted by molar-refractivity contribution is -0.100. The summed E-state index contributed by atoms with van der Waals surface area (Å²) in [6.45, 7) is 0.948. The average molecular weight is 585 g/mol. The van der Waals surface area contributed by atoms with Crippen LogP contribution in [0.3, 0.4) is 0 Å². The van der Waals surface area contributed by atoms with Crippen LogP contribution in [0.1, 0.15) is 77.4 Å². The minimum atomic E-state index is -2.74. The van der Waals surface area contributed by atoms with Gasteiger partial charge < -0.3 is 9.64 Å². The molecule has 3 fully saturated rings. The number of carbonyl (C=O) groups is 1. The first-order chi connectivity index (χ1) is 20.1. The van der Waals surface area contributed by atoms with Crippen molar-refractivity contribution in [3.63, 3.8) is 0 Å². The fraction of sp³-hybridized carbons (Fsp3) is 0.533. The second-order valence-corrected chi connectivity index (χ2v) is 12.3. The molecule has 222 valence electrons. The molecule has 0 unspecified atom stereocenters. The van der Waals surface area contributed by atoms with E-state index in [0.717, 1.165) is 46.3 Å². The van der Waals surface area contributed by atoms with E-state index >= 15 is 0 Å². The summed E-state index contributed by atoms with van der Waals surface area (Å²) < 4.78 is 61.4. The van der Waals surface area contributed by atoms with Crippen LogP contribution < -0.4 is 4.90 Å². The van der Waals surface area contributed by atoms with Crippen molar-refractivity contribution in [2.24, 2.45) is 5.92 Å². The maximum absolute atomic E-state index is 14.1. The summed E-state index contributed by atoms with van der Waals surface area (Å²) in [5.41, 5.74) is 4.28. The molecule has 0 radical (unpaired) electrons. The summed E-state index contributed by atoms with van der Waals surface area (Å²) in [7, 11) is 0. The molecule has 1 aliphatic carbocycles. The Balaban J connectivity index is 1.15. The molecule has 0 bridgehead atoms. The summed E-state index contributed by atoms with van der Waals surface area (Å²) >= 11 is 0. The van der Waals surface area contributed by atoms with E-state index in [4.69, 9.17) is 9.72 Å². The monoisotopic (exact) mass is 584 g/mol. The normalized spacial score (nSPS) is 23.3. The first-order valence-electron chi connectivity index (χ1n) is 14.4. The lowest BCUT2D eigenvalue weighted by Gasteiger charge is -2.42. The number of pyridine rings is 1. The van der Waals surface area contributed by atoms with Crippen molar-refractivity contribution in [1.82, 2.24) is 24.6 Å². The van der Waals surface area contributed by atoms with Gasteiger partial charge in [-0.1, -0.05) is 19.1 Å². The van der Waals surface area contributed by atoms with Crippen LogP contribution in [0.5, 0.6) is 0 Å². The molecule has 0 spiro atoms. The number of benzene rings is 1. The van der Waals surface area contributed by atoms with E-state index in [1.807, 2.05) is 35.2 Å². The van der Waals surface area contributed by atoms with E-state index in [1.54, 1.807) is 11.8 Å². The number of nitrogens with zero attached hydrogens (tertiary/aromatic N) is 6. The molecule has 2 saturated heterocycles. The van der Waals surface area contributed by atoms with Crippen LogP contribution in [0, 0.1) is 5.92 Å². The van der Waals surface area contributed by atoms with Gasteiger partial charge in [0, 0.05) is 72.2 Å². The smallest absolute Gasteiger partial charge is 0.321 e. The van der Waals surface area contributed by atoms with Crippen LogP contribution in [-0.4, -0.2) is 62.8 Å². The van der Waals surface area contributed by atoms with Crippen molar-refractivity contribution in [2.75, 3.05) is 31.2 Å². The number of anilines is 1. The van der Waals surface area contributed by atoms with Crippen molar-refractivity contribution >= 4 is 11.6 Å². The Morgan fingerprint density at radius 2 is 1.98 bits per heavy atom. The van der Waals surface area contributed by atoms with Gasteiger partial charge in [0.05, 0.1) is 25.5 Å². The fourth-order valence-corrected chi connectivity index (χ4v) is 6.48. The maximum atomic E-state index is 14.1. The number of likely N-dealkylation sites (tertiary alicyclic amines) is 1. The van der Waals surface area contributed by atoms with Gasteiger partial charge in [0.1, 0.15) is 12.2 Å². The Kier molecular flexibility index (Phi) is 6.61. The zero-order valence-corrected chi connectivity index (χ0v) is 23.3. The van der Waals surface area contributed by atoms with Crippen LogP contribution in [-0.2, 0) is 29.7 Å². The topological polar surface area (TPSA) is 76.4 Å². The number of amides is 1. The van der Waals surface area contributed by atoms with E-state index < -0.39 is 23.8 Å². The summed E-state index contributed by atoms with van der Waals surface area (Å²) in [4.78, 5) is 22.6. The van der Waals surface area contributed by atoms with E-state index in [0.29, 0.717) is 50.0 Å². The van der Waals surface area contributed by atoms with Crippen LogP contribution in [0.25, 0.3) is 0 Å². The highest BCUT2D eigenvalue weighted by Crippen LogP contribution is 2.45. The highest BCUT2D eigenvalue weighted by molar-refractivity contribution is 6.10. The van der Waals surface area contributed by atoms with Gasteiger partial charge in [-0.05, 0) is 36.6 Å². The van der Waals surface area contributed by atoms with Crippen molar-refractivity contribution in [2.45, 2.75) is 69.5 Å². The van der Waals surface area contributed by atoms with Crippen LogP contribution >= 0.6 is 0 Å². The van der Waals surface area contributed by atoms with Gasteiger partial charge in [-0.25, -0.2) is 8.78 Å². The van der Waals surface area contributed by atoms with Gasteiger partial charge in [0.25, 0.3) is 11.8 Å². The number of rotatable bonds is 8. The minimum absolute atomic E-state index is 0.123. The molecule has 3 aliphatic heterocycles. The van der Waals surface area contributed by atoms with E-state index in [2.05, 4.69) is 10.2 Å². The molecule has 1 saturated carbocycles. The largest absolute Gasteiger partial charge is 0.379 e. The number of fused-ring (bicyclic) bond motifs is 1. The van der Waals surface area contributed by atoms with Crippen LogP contribution in [0.2, 0.25) is 0 Å². The number of halogens is 4. The number of piperidine rings is 1. The number of hydrogen-bond acceptors (Lipinski definition) is 6. The Morgan fingerprint density at radius 3 is 2.67 bits per heavy atom. The Labute approximate surface area is 240 Å². The zero-order chi connectivity index (χ0) is 29.2. The zero-order valence-electron chi connectivity index (χ0n) is 23.3. The summed E-state index contributed by atoms with van der Waals surface area (Å²) in [5.74, 6) is -3.02. The van der Waals surface area contributed by atoms with Gasteiger partial charge in [-0.15, -0.1) is 10.2 Å². The quantitative estimate of drug-likeness (QED) is 0.344. The molecule has 42 heavy (non-hydrogen) atoms. The molecule has 4 aliphatic rings. The molecule has 12 heteroatoms. The molecule has 7 rings (SSSR count). The summed E-state index contributed by atoms with van der Waals surface area (Å²) in [6.07, 6.45) is 3.13. The summed E-state index contributed by atoms with van der Waals surface area (Å²) in [5, 5.41) is 7.60. The number of aromatic nitrogens is 4. The van der Waals surface area contributed by atoms with Gasteiger partial charge >= 0.3 is 6.55 Å². The third-order valence-electron chi connectivity index (χ3n) is 9.25. The van der Waals surface area contributed by atoms with Gasteiger partial charge in [0.2, 0.25) is 0 Å². The second kappa shape index (κ2) is 10.1.